The number of hydrogen-bond donors (Lipinski definition) is 1. The zero-order chi connectivity index (χ0) is 14.9. The molecule has 0 heterocycles. The minimum absolute atomic E-state index is 0.0135. The zero-order valence-electron chi connectivity index (χ0n) is 11.4. The molecule has 0 saturated carbocycles. The molecule has 2 rings (SSSR count). The van der Waals surface area contributed by atoms with Gasteiger partial charge in [-0.3, -0.25) is 0 Å². The van der Waals surface area contributed by atoms with Gasteiger partial charge in [-0.05, 0) is 68.1 Å². The van der Waals surface area contributed by atoms with Crippen molar-refractivity contribution in [2.24, 2.45) is 0 Å². The SMILES string of the molecule is Cc1cc(SNc2ccc(F)c(C)c2F)c(C)cc1Cl. The molecule has 0 aliphatic rings. The Bertz CT molecular complexity index is 657. The fraction of sp³-hybridized carbons (Fsp3) is 0.200. The normalized spacial score (nSPS) is 10.7. The minimum Gasteiger partial charge on any atom is -0.323 e. The molecule has 0 radical (unpaired) electrons. The molecule has 0 fully saturated rings. The predicted octanol–water partition coefficient (Wildman–Crippen LogP) is 5.66. The van der Waals surface area contributed by atoms with Crippen LogP contribution >= 0.6 is 23.5 Å². The Morgan fingerprint density at radius 3 is 2.45 bits per heavy atom. The van der Waals surface area contributed by atoms with Crippen molar-refractivity contribution in [2.45, 2.75) is 25.7 Å². The minimum atomic E-state index is -0.569. The summed E-state index contributed by atoms with van der Waals surface area (Å²) in [5.74, 6) is -1.11. The van der Waals surface area contributed by atoms with E-state index in [-0.39, 0.29) is 11.3 Å². The first kappa shape index (κ1) is 15.1. The second-order valence-electron chi connectivity index (χ2n) is 4.60. The lowest BCUT2D eigenvalue weighted by atomic mass is 10.2. The van der Waals surface area contributed by atoms with Gasteiger partial charge in [0.05, 0.1) is 5.69 Å². The number of aryl methyl sites for hydroxylation is 2. The van der Waals surface area contributed by atoms with E-state index in [0.29, 0.717) is 5.02 Å². The average molecular weight is 314 g/mol. The van der Waals surface area contributed by atoms with Crippen LogP contribution in [0.3, 0.4) is 0 Å². The molecule has 1 N–H and O–H groups in total. The van der Waals surface area contributed by atoms with E-state index < -0.39 is 11.6 Å². The van der Waals surface area contributed by atoms with E-state index in [0.717, 1.165) is 16.0 Å². The van der Waals surface area contributed by atoms with Crippen molar-refractivity contribution in [3.8, 4) is 0 Å². The van der Waals surface area contributed by atoms with Crippen LogP contribution in [0.5, 0.6) is 0 Å². The molecule has 0 bridgehead atoms. The zero-order valence-corrected chi connectivity index (χ0v) is 12.9. The van der Waals surface area contributed by atoms with Gasteiger partial charge in [0, 0.05) is 15.5 Å². The first-order chi connectivity index (χ1) is 9.40. The molecule has 0 aliphatic heterocycles. The van der Waals surface area contributed by atoms with Crippen molar-refractivity contribution in [3.63, 3.8) is 0 Å². The molecule has 106 valence electrons. The molecule has 0 unspecified atom stereocenters. The van der Waals surface area contributed by atoms with Gasteiger partial charge in [-0.25, -0.2) is 8.78 Å². The fourth-order valence-corrected chi connectivity index (χ4v) is 2.77. The Kier molecular flexibility index (Phi) is 4.55. The summed E-state index contributed by atoms with van der Waals surface area (Å²) in [4.78, 5) is 0.952. The van der Waals surface area contributed by atoms with Gasteiger partial charge in [0.15, 0.2) is 5.82 Å². The van der Waals surface area contributed by atoms with Crippen molar-refractivity contribution < 1.29 is 8.78 Å². The summed E-state index contributed by atoms with van der Waals surface area (Å²) in [5, 5.41) is 0.704. The van der Waals surface area contributed by atoms with Crippen LogP contribution in [0.25, 0.3) is 0 Å². The highest BCUT2D eigenvalue weighted by atomic mass is 35.5. The molecular formula is C15H14ClF2NS. The number of nitrogens with one attached hydrogen (secondary N) is 1. The summed E-state index contributed by atoms with van der Waals surface area (Å²) in [5.41, 5.74) is 2.23. The Labute approximate surface area is 126 Å². The van der Waals surface area contributed by atoms with Crippen molar-refractivity contribution in [1.29, 1.82) is 0 Å². The fourth-order valence-electron chi connectivity index (χ4n) is 1.71. The van der Waals surface area contributed by atoms with Crippen LogP contribution in [0, 0.1) is 32.4 Å². The third kappa shape index (κ3) is 3.07. The van der Waals surface area contributed by atoms with Gasteiger partial charge < -0.3 is 4.72 Å². The summed E-state index contributed by atoms with van der Waals surface area (Å²) < 4.78 is 30.0. The molecule has 0 spiro atoms. The maximum absolute atomic E-state index is 13.9. The van der Waals surface area contributed by atoms with Crippen LogP contribution in [0.1, 0.15) is 16.7 Å². The standard InChI is InChI=1S/C15H14ClF2NS/c1-8-7-14(9(2)6-11(8)16)20-19-13-5-4-12(17)10(3)15(13)18/h4-7,19H,1-3H3. The van der Waals surface area contributed by atoms with Crippen LogP contribution in [0.4, 0.5) is 14.5 Å². The van der Waals surface area contributed by atoms with Gasteiger partial charge in [0.25, 0.3) is 0 Å². The molecule has 20 heavy (non-hydrogen) atoms. The van der Waals surface area contributed by atoms with E-state index >= 15 is 0 Å². The molecule has 0 saturated heterocycles. The maximum Gasteiger partial charge on any atom is 0.152 e. The van der Waals surface area contributed by atoms with Crippen molar-refractivity contribution >= 4 is 29.2 Å². The summed E-state index contributed by atoms with van der Waals surface area (Å²) >= 11 is 7.32. The van der Waals surface area contributed by atoms with Crippen LogP contribution in [0.2, 0.25) is 5.02 Å². The number of benzene rings is 2. The van der Waals surface area contributed by atoms with Crippen molar-refractivity contribution in [1.82, 2.24) is 0 Å². The Morgan fingerprint density at radius 1 is 1.05 bits per heavy atom. The number of rotatable bonds is 3. The van der Waals surface area contributed by atoms with Gasteiger partial charge in [-0.1, -0.05) is 11.6 Å². The number of anilines is 1. The highest BCUT2D eigenvalue weighted by molar-refractivity contribution is 8.00. The summed E-state index contributed by atoms with van der Waals surface area (Å²) in [7, 11) is 0. The van der Waals surface area contributed by atoms with Gasteiger partial charge in [-0.2, -0.15) is 0 Å². The van der Waals surface area contributed by atoms with E-state index in [2.05, 4.69) is 4.72 Å². The third-order valence-electron chi connectivity index (χ3n) is 3.05. The van der Waals surface area contributed by atoms with E-state index in [9.17, 15) is 8.78 Å². The second-order valence-corrected chi connectivity index (χ2v) is 5.86. The molecule has 0 amide bonds. The summed E-state index contributed by atoms with van der Waals surface area (Å²) in [6, 6.07) is 6.45. The van der Waals surface area contributed by atoms with Gasteiger partial charge in [-0.15, -0.1) is 0 Å². The smallest absolute Gasteiger partial charge is 0.152 e. The lowest BCUT2D eigenvalue weighted by Gasteiger charge is -2.11. The molecular weight excluding hydrogens is 300 g/mol. The first-order valence-corrected chi connectivity index (χ1v) is 7.24. The quantitative estimate of drug-likeness (QED) is 0.733. The highest BCUT2D eigenvalue weighted by Gasteiger charge is 2.10. The van der Waals surface area contributed by atoms with E-state index in [1.54, 1.807) is 0 Å². The number of halogens is 3. The largest absolute Gasteiger partial charge is 0.323 e. The topological polar surface area (TPSA) is 12.0 Å². The molecule has 0 aromatic heterocycles. The van der Waals surface area contributed by atoms with E-state index in [1.165, 1.54) is 31.0 Å². The van der Waals surface area contributed by atoms with Crippen molar-refractivity contribution in [3.05, 3.63) is 57.6 Å². The molecule has 0 aliphatic carbocycles. The van der Waals surface area contributed by atoms with Crippen LogP contribution in [0.15, 0.2) is 29.2 Å². The summed E-state index contributed by atoms with van der Waals surface area (Å²) in [6.45, 7) is 5.26. The first-order valence-electron chi connectivity index (χ1n) is 6.04. The molecule has 0 atom stereocenters. The second kappa shape index (κ2) is 6.02. The van der Waals surface area contributed by atoms with Crippen LogP contribution < -0.4 is 4.72 Å². The Balaban J connectivity index is 2.21. The van der Waals surface area contributed by atoms with Crippen LogP contribution in [-0.4, -0.2) is 0 Å². The van der Waals surface area contributed by atoms with Gasteiger partial charge in [0.1, 0.15) is 5.82 Å². The third-order valence-corrected chi connectivity index (χ3v) is 4.44. The monoisotopic (exact) mass is 313 g/mol. The average Bonchev–Trinajstić information content (AvgIpc) is 2.40. The van der Waals surface area contributed by atoms with E-state index in [1.807, 2.05) is 26.0 Å². The summed E-state index contributed by atoms with van der Waals surface area (Å²) in [6.07, 6.45) is 0. The van der Waals surface area contributed by atoms with Gasteiger partial charge in [0.2, 0.25) is 0 Å². The molecule has 5 heteroatoms. The Hall–Kier alpha value is -1.26. The lowest BCUT2D eigenvalue weighted by Crippen LogP contribution is -1.97. The predicted molar refractivity (Wildman–Crippen MR) is 81.5 cm³/mol. The highest BCUT2D eigenvalue weighted by Crippen LogP contribution is 2.30. The Morgan fingerprint density at radius 2 is 1.75 bits per heavy atom. The molecule has 2 aromatic rings. The number of hydrogen-bond acceptors (Lipinski definition) is 2. The van der Waals surface area contributed by atoms with Gasteiger partial charge >= 0.3 is 0 Å². The molecule has 1 nitrogen and oxygen atoms in total. The van der Waals surface area contributed by atoms with E-state index in [4.69, 9.17) is 11.6 Å². The van der Waals surface area contributed by atoms with Crippen molar-refractivity contribution in [2.75, 3.05) is 4.72 Å². The van der Waals surface area contributed by atoms with Crippen LogP contribution in [-0.2, 0) is 0 Å². The lowest BCUT2D eigenvalue weighted by molar-refractivity contribution is 0.571. The molecule has 2 aromatic carbocycles. The maximum atomic E-state index is 13.9.